The molecule has 0 radical (unpaired) electrons. The normalized spacial score (nSPS) is 13.0. The van der Waals surface area contributed by atoms with Gasteiger partial charge < -0.3 is 14.2 Å². The second-order valence-electron chi connectivity index (χ2n) is 16.3. The molecule has 6 nitrogen and oxygen atoms in total. The van der Waals surface area contributed by atoms with Crippen molar-refractivity contribution in [1.82, 2.24) is 0 Å². The van der Waals surface area contributed by atoms with E-state index >= 15 is 0 Å². The van der Waals surface area contributed by atoms with Crippen LogP contribution >= 0.6 is 0 Å². The van der Waals surface area contributed by atoms with Gasteiger partial charge in [0.05, 0.1) is 0 Å². The fourth-order valence-corrected chi connectivity index (χ4v) is 6.44. The summed E-state index contributed by atoms with van der Waals surface area (Å²) < 4.78 is 16.6. The van der Waals surface area contributed by atoms with Gasteiger partial charge in [-0.2, -0.15) is 0 Å². The van der Waals surface area contributed by atoms with Crippen LogP contribution in [0.1, 0.15) is 213 Å². The molecule has 0 aromatic carbocycles. The first-order valence-corrected chi connectivity index (χ1v) is 25.4. The van der Waals surface area contributed by atoms with E-state index in [-0.39, 0.29) is 37.5 Å². The van der Waals surface area contributed by atoms with Crippen molar-refractivity contribution in [2.24, 2.45) is 0 Å². The summed E-state index contributed by atoms with van der Waals surface area (Å²) in [6.07, 6.45) is 68.1. The van der Waals surface area contributed by atoms with Crippen LogP contribution in [-0.2, 0) is 28.6 Å². The zero-order chi connectivity index (χ0) is 45.8. The highest BCUT2D eigenvalue weighted by Crippen LogP contribution is 2.12. The van der Waals surface area contributed by atoms with Gasteiger partial charge in [-0.15, -0.1) is 0 Å². The molecule has 0 saturated carbocycles. The summed E-state index contributed by atoms with van der Waals surface area (Å²) in [4.78, 5) is 37.8. The summed E-state index contributed by atoms with van der Waals surface area (Å²) in [5, 5.41) is 0. The standard InChI is InChI=1S/C57H92O6/c1-4-7-10-13-16-19-21-23-25-27-28-30-31-33-35-38-41-44-47-50-56(59)62-53-54(52-61-55(58)49-46-43-40-37-18-15-12-9-6-3)63-57(60)51-48-45-42-39-36-34-32-29-26-24-22-20-17-14-11-8-5-2/h7,10,16-17,19-20,23-26,28,30,33,35,37,40-41,44,54H,4-6,8-9,11-15,18,21-22,27,29,31-32,34,36,38-39,42-43,45-53H2,1-3H3/b10-7-,19-16-,20-17-,25-23-,26-24-,30-28-,35-33-,40-37-,44-41-. The van der Waals surface area contributed by atoms with Crippen LogP contribution in [0.15, 0.2) is 109 Å². The number of allylic oxidation sites excluding steroid dienone is 18. The minimum atomic E-state index is -0.824. The van der Waals surface area contributed by atoms with Crippen molar-refractivity contribution in [1.29, 1.82) is 0 Å². The summed E-state index contributed by atoms with van der Waals surface area (Å²) in [5.74, 6) is -1.06. The van der Waals surface area contributed by atoms with Crippen LogP contribution in [0.25, 0.3) is 0 Å². The molecule has 356 valence electrons. The molecule has 0 heterocycles. The maximum Gasteiger partial charge on any atom is 0.306 e. The fourth-order valence-electron chi connectivity index (χ4n) is 6.44. The lowest BCUT2D eigenvalue weighted by Crippen LogP contribution is -2.30. The summed E-state index contributed by atoms with van der Waals surface area (Å²) in [6.45, 7) is 6.35. The molecule has 6 heteroatoms. The second-order valence-corrected chi connectivity index (χ2v) is 16.3. The lowest BCUT2D eigenvalue weighted by atomic mass is 10.1. The Labute approximate surface area is 387 Å². The SMILES string of the molecule is CC/C=C\C/C=C\C/C=C\C/C=C\C/C=C\C/C=C\CCC(=O)OCC(COC(=O)CCC/C=C\CCCCCC)OC(=O)CCCCCCCCC/C=C\C/C=C\CCCCC. The lowest BCUT2D eigenvalue weighted by Gasteiger charge is -2.18. The summed E-state index contributed by atoms with van der Waals surface area (Å²) in [5.41, 5.74) is 0. The largest absolute Gasteiger partial charge is 0.462 e. The van der Waals surface area contributed by atoms with Crippen LogP contribution in [-0.4, -0.2) is 37.2 Å². The van der Waals surface area contributed by atoms with Crippen LogP contribution in [0.2, 0.25) is 0 Å². The van der Waals surface area contributed by atoms with Crippen LogP contribution < -0.4 is 0 Å². The number of esters is 3. The average molecular weight is 873 g/mol. The zero-order valence-corrected chi connectivity index (χ0v) is 40.5. The Morgan fingerprint density at radius 1 is 0.333 bits per heavy atom. The number of carbonyl (C=O) groups is 3. The number of hydrogen-bond donors (Lipinski definition) is 0. The van der Waals surface area contributed by atoms with E-state index in [4.69, 9.17) is 14.2 Å². The third kappa shape index (κ3) is 49.0. The Hall–Kier alpha value is -3.93. The molecule has 0 saturated heterocycles. The van der Waals surface area contributed by atoms with E-state index in [0.717, 1.165) is 83.5 Å². The number of carbonyl (C=O) groups excluding carboxylic acids is 3. The Balaban J connectivity index is 4.50. The van der Waals surface area contributed by atoms with Crippen molar-refractivity contribution in [3.8, 4) is 0 Å². The maximum atomic E-state index is 12.8. The fraction of sp³-hybridized carbons (Fsp3) is 0.632. The van der Waals surface area contributed by atoms with Gasteiger partial charge in [0.25, 0.3) is 0 Å². The van der Waals surface area contributed by atoms with Gasteiger partial charge in [0.1, 0.15) is 13.2 Å². The van der Waals surface area contributed by atoms with E-state index in [1.165, 1.54) is 77.0 Å². The van der Waals surface area contributed by atoms with Crippen LogP contribution in [0.5, 0.6) is 0 Å². The Kier molecular flexibility index (Phi) is 47.5. The third-order valence-corrected chi connectivity index (χ3v) is 10.2. The zero-order valence-electron chi connectivity index (χ0n) is 40.5. The van der Waals surface area contributed by atoms with E-state index < -0.39 is 6.10 Å². The van der Waals surface area contributed by atoms with Gasteiger partial charge in [-0.3, -0.25) is 14.4 Å². The Bertz CT molecular complexity index is 1330. The van der Waals surface area contributed by atoms with Gasteiger partial charge in [-0.25, -0.2) is 0 Å². The molecule has 0 amide bonds. The first kappa shape index (κ1) is 59.1. The highest BCUT2D eigenvalue weighted by molar-refractivity contribution is 5.71. The van der Waals surface area contributed by atoms with Crippen molar-refractivity contribution in [3.05, 3.63) is 109 Å². The molecule has 0 aliphatic carbocycles. The predicted molar refractivity (Wildman–Crippen MR) is 270 cm³/mol. The van der Waals surface area contributed by atoms with Crippen molar-refractivity contribution in [2.45, 2.75) is 219 Å². The molecule has 0 spiro atoms. The predicted octanol–water partition coefficient (Wildman–Crippen LogP) is 16.8. The quantitative estimate of drug-likeness (QED) is 0.0263. The highest BCUT2D eigenvalue weighted by Gasteiger charge is 2.19. The molecule has 0 N–H and O–H groups in total. The maximum absolute atomic E-state index is 12.8. The molecule has 0 bridgehead atoms. The van der Waals surface area contributed by atoms with Gasteiger partial charge >= 0.3 is 17.9 Å². The first-order chi connectivity index (χ1) is 31.0. The van der Waals surface area contributed by atoms with E-state index in [9.17, 15) is 14.4 Å². The summed E-state index contributed by atoms with van der Waals surface area (Å²) in [6, 6.07) is 0. The lowest BCUT2D eigenvalue weighted by molar-refractivity contribution is -0.166. The van der Waals surface area contributed by atoms with Gasteiger partial charge in [0.15, 0.2) is 6.10 Å². The molecular formula is C57H92O6. The molecule has 0 aromatic rings. The van der Waals surface area contributed by atoms with Crippen molar-refractivity contribution < 1.29 is 28.6 Å². The molecule has 0 rings (SSSR count). The van der Waals surface area contributed by atoms with E-state index in [0.29, 0.717) is 25.7 Å². The van der Waals surface area contributed by atoms with Crippen LogP contribution in [0, 0.1) is 0 Å². The number of rotatable bonds is 44. The number of hydrogen-bond acceptors (Lipinski definition) is 6. The molecule has 0 aliphatic heterocycles. The Morgan fingerprint density at radius 2 is 0.667 bits per heavy atom. The minimum absolute atomic E-state index is 0.122. The topological polar surface area (TPSA) is 78.9 Å². The first-order valence-electron chi connectivity index (χ1n) is 25.4. The molecule has 0 fully saturated rings. The smallest absolute Gasteiger partial charge is 0.306 e. The molecule has 63 heavy (non-hydrogen) atoms. The number of unbranched alkanes of at least 4 members (excludes halogenated alkanes) is 15. The van der Waals surface area contributed by atoms with Crippen molar-refractivity contribution >= 4 is 17.9 Å². The minimum Gasteiger partial charge on any atom is -0.462 e. The van der Waals surface area contributed by atoms with Crippen LogP contribution in [0.4, 0.5) is 0 Å². The van der Waals surface area contributed by atoms with Gasteiger partial charge in [-0.1, -0.05) is 194 Å². The summed E-state index contributed by atoms with van der Waals surface area (Å²) in [7, 11) is 0. The molecule has 1 atom stereocenters. The monoisotopic (exact) mass is 873 g/mol. The van der Waals surface area contributed by atoms with Crippen molar-refractivity contribution in [3.63, 3.8) is 0 Å². The van der Waals surface area contributed by atoms with Crippen molar-refractivity contribution in [2.75, 3.05) is 13.2 Å². The molecule has 0 aliphatic rings. The van der Waals surface area contributed by atoms with E-state index in [1.807, 2.05) is 12.2 Å². The molecule has 0 aromatic heterocycles. The van der Waals surface area contributed by atoms with E-state index in [2.05, 4.69) is 118 Å². The highest BCUT2D eigenvalue weighted by atomic mass is 16.6. The molecule has 1 unspecified atom stereocenters. The van der Waals surface area contributed by atoms with Crippen LogP contribution in [0.3, 0.4) is 0 Å². The van der Waals surface area contributed by atoms with Gasteiger partial charge in [0.2, 0.25) is 0 Å². The number of ether oxygens (including phenoxy) is 3. The average Bonchev–Trinajstić information content (AvgIpc) is 3.28. The second kappa shape index (κ2) is 50.7. The van der Waals surface area contributed by atoms with E-state index in [1.54, 1.807) is 0 Å². The molecular weight excluding hydrogens is 781 g/mol. The summed E-state index contributed by atoms with van der Waals surface area (Å²) >= 11 is 0. The van der Waals surface area contributed by atoms with Gasteiger partial charge in [-0.05, 0) is 109 Å². The van der Waals surface area contributed by atoms with Gasteiger partial charge in [0, 0.05) is 19.3 Å². The third-order valence-electron chi connectivity index (χ3n) is 10.2. The Morgan fingerprint density at radius 3 is 1.16 bits per heavy atom.